The maximum atomic E-state index is 3.16. The van der Waals surface area contributed by atoms with Crippen molar-refractivity contribution in [2.45, 2.75) is 26.7 Å². The fraction of sp³-hybridized carbons (Fsp3) is 0.556. The summed E-state index contributed by atoms with van der Waals surface area (Å²) in [4.78, 5) is 0. The monoisotopic (exact) mass is 283 g/mol. The molecule has 1 aliphatic rings. The molecule has 0 saturated carbocycles. The molecule has 0 saturated heterocycles. The van der Waals surface area contributed by atoms with Crippen LogP contribution in [0.2, 0.25) is 0 Å². The van der Waals surface area contributed by atoms with Gasteiger partial charge in [0.1, 0.15) is 0 Å². The molecule has 0 unspecified atom stereocenters. The third-order valence-corrected chi connectivity index (χ3v) is 1.41. The zero-order valence-corrected chi connectivity index (χ0v) is 11.6. The molecule has 1 rings (SSSR count). The van der Waals surface area contributed by atoms with E-state index in [4.69, 9.17) is 0 Å². The minimum Gasteiger partial charge on any atom is -0.273 e. The Morgan fingerprint density at radius 3 is 2.33 bits per heavy atom. The molecule has 0 aromatic rings. The smallest absolute Gasteiger partial charge is 0 e. The molecule has 0 aromatic heterocycles. The third-order valence-electron chi connectivity index (χ3n) is 1.41. The van der Waals surface area contributed by atoms with Crippen molar-refractivity contribution < 1.29 is 26.2 Å². The van der Waals surface area contributed by atoms with Crippen LogP contribution in [-0.4, -0.2) is 0 Å². The summed E-state index contributed by atoms with van der Waals surface area (Å²) in [5.74, 6) is 0.785. The average Bonchev–Trinajstić information content (AvgIpc) is 2.15. The second-order valence-corrected chi connectivity index (χ2v) is 2.93. The second-order valence-electron chi connectivity index (χ2n) is 2.93. The van der Waals surface area contributed by atoms with Gasteiger partial charge in [0.25, 0.3) is 0 Å². The first kappa shape index (κ1) is 18.7. The SMILES string of the molecule is CC(C)CC1=CC[C-]=C1.Cl.Cl.[Zr]. The molecule has 0 nitrogen and oxygen atoms in total. The molecule has 0 atom stereocenters. The number of halogens is 2. The number of rotatable bonds is 2. The molecule has 1 aliphatic carbocycles. The Hall–Kier alpha value is 0.943. The molecule has 3 heteroatoms. The summed E-state index contributed by atoms with van der Waals surface area (Å²) in [5.41, 5.74) is 1.46. The van der Waals surface area contributed by atoms with Gasteiger partial charge >= 0.3 is 0 Å². The normalized spacial score (nSPS) is 12.8. The van der Waals surface area contributed by atoms with Gasteiger partial charge in [0.2, 0.25) is 0 Å². The molecule has 0 radical (unpaired) electrons. The van der Waals surface area contributed by atoms with E-state index in [0.29, 0.717) is 0 Å². The van der Waals surface area contributed by atoms with Gasteiger partial charge in [0, 0.05) is 26.2 Å². The van der Waals surface area contributed by atoms with E-state index < -0.39 is 0 Å². The molecular formula is C9H15Cl2Zr-. The molecule has 12 heavy (non-hydrogen) atoms. The van der Waals surface area contributed by atoms with E-state index in [0.717, 1.165) is 12.3 Å². The van der Waals surface area contributed by atoms with Gasteiger partial charge in [-0.25, -0.2) is 11.6 Å². The Bertz CT molecular complexity index is 151. The summed E-state index contributed by atoms with van der Waals surface area (Å²) in [6.07, 6.45) is 9.77. The van der Waals surface area contributed by atoms with E-state index in [1.165, 1.54) is 12.0 Å². The van der Waals surface area contributed by atoms with Gasteiger partial charge in [-0.1, -0.05) is 26.2 Å². The summed E-state index contributed by atoms with van der Waals surface area (Å²) in [6, 6.07) is 0. The molecule has 0 bridgehead atoms. The van der Waals surface area contributed by atoms with E-state index >= 15 is 0 Å². The standard InChI is InChI=1S/C9H13.2ClH.Zr/c1-8(2)7-9-5-3-4-6-9;;;/h5-6,8H,3,7H2,1-2H3;2*1H;/q-1;;;. The Morgan fingerprint density at radius 2 is 2.00 bits per heavy atom. The Balaban J connectivity index is -0.000000270. The Labute approximate surface area is 107 Å². The van der Waals surface area contributed by atoms with E-state index in [1.54, 1.807) is 0 Å². The predicted octanol–water partition coefficient (Wildman–Crippen LogP) is 3.56. The van der Waals surface area contributed by atoms with Crippen molar-refractivity contribution >= 4 is 24.8 Å². The first-order valence-corrected chi connectivity index (χ1v) is 3.54. The van der Waals surface area contributed by atoms with Gasteiger partial charge in [-0.05, 0) is 0 Å². The molecule has 0 amide bonds. The molecule has 0 spiro atoms. The van der Waals surface area contributed by atoms with Gasteiger partial charge in [-0.2, -0.15) is 6.08 Å². The molecule has 0 heterocycles. The predicted molar refractivity (Wildman–Crippen MR) is 54.5 cm³/mol. The van der Waals surface area contributed by atoms with E-state index in [1.807, 2.05) is 0 Å². The Morgan fingerprint density at radius 1 is 1.42 bits per heavy atom. The number of allylic oxidation sites excluding steroid dienone is 4. The number of hydrogen-bond acceptors (Lipinski definition) is 0. The minimum atomic E-state index is 0. The van der Waals surface area contributed by atoms with Crippen LogP contribution in [0.15, 0.2) is 17.7 Å². The van der Waals surface area contributed by atoms with Gasteiger partial charge in [0.15, 0.2) is 0 Å². The van der Waals surface area contributed by atoms with Crippen molar-refractivity contribution in [1.82, 2.24) is 0 Å². The van der Waals surface area contributed by atoms with Crippen molar-refractivity contribution in [3.63, 3.8) is 0 Å². The van der Waals surface area contributed by atoms with Crippen LogP contribution in [0.25, 0.3) is 0 Å². The van der Waals surface area contributed by atoms with Crippen LogP contribution in [0.1, 0.15) is 26.7 Å². The average molecular weight is 285 g/mol. The minimum absolute atomic E-state index is 0. The van der Waals surface area contributed by atoms with E-state index in [9.17, 15) is 0 Å². The molecule has 0 fully saturated rings. The summed E-state index contributed by atoms with van der Waals surface area (Å²) in [6.45, 7) is 4.49. The summed E-state index contributed by atoms with van der Waals surface area (Å²) >= 11 is 0. The summed E-state index contributed by atoms with van der Waals surface area (Å²) in [5, 5.41) is 0. The van der Waals surface area contributed by atoms with Crippen LogP contribution < -0.4 is 0 Å². The molecule has 0 aromatic carbocycles. The fourth-order valence-corrected chi connectivity index (χ4v) is 1.05. The molecule has 0 N–H and O–H groups in total. The van der Waals surface area contributed by atoms with Gasteiger partial charge in [0.05, 0.1) is 0 Å². The van der Waals surface area contributed by atoms with Crippen LogP contribution in [0.4, 0.5) is 0 Å². The van der Waals surface area contributed by atoms with Crippen LogP contribution in [0.5, 0.6) is 0 Å². The zero-order chi connectivity index (χ0) is 6.69. The number of hydrogen-bond donors (Lipinski definition) is 0. The van der Waals surface area contributed by atoms with Crippen molar-refractivity contribution in [2.24, 2.45) is 5.92 Å². The van der Waals surface area contributed by atoms with Crippen LogP contribution in [0, 0.1) is 12.0 Å². The Kier molecular flexibility index (Phi) is 15.6. The van der Waals surface area contributed by atoms with Gasteiger partial charge in [-0.15, -0.1) is 31.2 Å². The van der Waals surface area contributed by atoms with E-state index in [2.05, 4.69) is 32.1 Å². The fourth-order valence-electron chi connectivity index (χ4n) is 1.05. The summed E-state index contributed by atoms with van der Waals surface area (Å²) in [7, 11) is 0. The molecule has 70 valence electrons. The molecular weight excluding hydrogens is 270 g/mol. The quantitative estimate of drug-likeness (QED) is 0.681. The first-order valence-electron chi connectivity index (χ1n) is 3.54. The largest absolute Gasteiger partial charge is 0.273 e. The van der Waals surface area contributed by atoms with Crippen LogP contribution in [-0.2, 0) is 26.2 Å². The van der Waals surface area contributed by atoms with Crippen molar-refractivity contribution in [3.8, 4) is 0 Å². The molecule has 0 aliphatic heterocycles. The maximum absolute atomic E-state index is 3.16. The topological polar surface area (TPSA) is 0 Å². The van der Waals surface area contributed by atoms with Gasteiger partial charge < -0.3 is 0 Å². The van der Waals surface area contributed by atoms with Crippen LogP contribution >= 0.6 is 24.8 Å². The first-order chi connectivity index (χ1) is 4.29. The van der Waals surface area contributed by atoms with Crippen molar-refractivity contribution in [3.05, 3.63) is 23.8 Å². The zero-order valence-electron chi connectivity index (χ0n) is 7.46. The summed E-state index contributed by atoms with van der Waals surface area (Å²) < 4.78 is 0. The van der Waals surface area contributed by atoms with Gasteiger partial charge in [-0.3, -0.25) is 6.08 Å². The third kappa shape index (κ3) is 7.58. The maximum Gasteiger partial charge on any atom is 0 e. The van der Waals surface area contributed by atoms with Crippen LogP contribution in [0.3, 0.4) is 0 Å². The van der Waals surface area contributed by atoms with E-state index in [-0.39, 0.29) is 51.0 Å². The second kappa shape index (κ2) is 10.0. The van der Waals surface area contributed by atoms with Crippen molar-refractivity contribution in [1.29, 1.82) is 0 Å². The van der Waals surface area contributed by atoms with Crippen molar-refractivity contribution in [2.75, 3.05) is 0 Å².